The first-order valence-corrected chi connectivity index (χ1v) is 10.6. The zero-order valence-electron chi connectivity index (χ0n) is 16.3. The number of rotatable bonds is 6. The van der Waals surface area contributed by atoms with Gasteiger partial charge in [-0.2, -0.15) is 0 Å². The number of carbonyl (C=O) groups is 2. The lowest BCUT2D eigenvalue weighted by Crippen LogP contribution is -2.31. The molecular formula is C24H19ClN2O2S. The van der Waals surface area contributed by atoms with Crippen molar-refractivity contribution in [3.63, 3.8) is 0 Å². The van der Waals surface area contributed by atoms with Crippen molar-refractivity contribution in [2.45, 2.75) is 18.4 Å². The van der Waals surface area contributed by atoms with Gasteiger partial charge in [-0.05, 0) is 42.3 Å². The van der Waals surface area contributed by atoms with Crippen molar-refractivity contribution in [2.24, 2.45) is 0 Å². The van der Waals surface area contributed by atoms with Crippen LogP contribution < -0.4 is 5.32 Å². The molecule has 150 valence electrons. The number of carbonyl (C=O) groups excluding carboxylic acids is 2. The standard InChI is InChI=1S/C24H19ClN2O2S/c1-16-12-13-18(14-20(16)25)26-21-22(30-19-10-6-3-7-11-19)24(29)27(23(21)28)15-17-8-4-2-5-9-17/h2-14,26H,15H2,1H3. The van der Waals surface area contributed by atoms with Gasteiger partial charge in [0.15, 0.2) is 0 Å². The lowest BCUT2D eigenvalue weighted by molar-refractivity contribution is -0.137. The van der Waals surface area contributed by atoms with Crippen LogP contribution in [0.5, 0.6) is 0 Å². The zero-order valence-corrected chi connectivity index (χ0v) is 17.8. The number of hydrogen-bond acceptors (Lipinski definition) is 4. The molecule has 0 bridgehead atoms. The van der Waals surface area contributed by atoms with E-state index in [4.69, 9.17) is 11.6 Å². The van der Waals surface area contributed by atoms with Crippen LogP contribution in [0, 0.1) is 6.92 Å². The smallest absolute Gasteiger partial charge is 0.278 e. The molecule has 4 nitrogen and oxygen atoms in total. The molecule has 1 heterocycles. The molecule has 1 N–H and O–H groups in total. The number of anilines is 1. The van der Waals surface area contributed by atoms with E-state index in [0.717, 1.165) is 16.0 Å². The lowest BCUT2D eigenvalue weighted by atomic mass is 10.2. The number of nitrogens with one attached hydrogen (secondary N) is 1. The van der Waals surface area contributed by atoms with Crippen LogP contribution in [-0.4, -0.2) is 16.7 Å². The Morgan fingerprint density at radius 3 is 2.23 bits per heavy atom. The summed E-state index contributed by atoms with van der Waals surface area (Å²) in [5.74, 6) is -0.655. The van der Waals surface area contributed by atoms with E-state index in [0.29, 0.717) is 15.6 Å². The van der Waals surface area contributed by atoms with Gasteiger partial charge >= 0.3 is 0 Å². The van der Waals surface area contributed by atoms with Gasteiger partial charge in [0, 0.05) is 15.6 Å². The molecule has 30 heavy (non-hydrogen) atoms. The van der Waals surface area contributed by atoms with Gasteiger partial charge < -0.3 is 5.32 Å². The van der Waals surface area contributed by atoms with Gasteiger partial charge in [-0.1, -0.05) is 78.0 Å². The van der Waals surface area contributed by atoms with Gasteiger partial charge in [0.2, 0.25) is 0 Å². The van der Waals surface area contributed by atoms with Crippen molar-refractivity contribution in [1.29, 1.82) is 0 Å². The molecule has 0 spiro atoms. The maximum atomic E-state index is 13.2. The van der Waals surface area contributed by atoms with Gasteiger partial charge in [0.05, 0.1) is 6.54 Å². The summed E-state index contributed by atoms with van der Waals surface area (Å²) in [6, 6.07) is 24.5. The number of benzene rings is 3. The molecule has 4 rings (SSSR count). The highest BCUT2D eigenvalue weighted by Gasteiger charge is 2.39. The predicted molar refractivity (Wildman–Crippen MR) is 121 cm³/mol. The van der Waals surface area contributed by atoms with E-state index in [2.05, 4.69) is 5.32 Å². The molecule has 3 aromatic rings. The predicted octanol–water partition coefficient (Wildman–Crippen LogP) is 5.63. The monoisotopic (exact) mass is 434 g/mol. The first kappa shape index (κ1) is 20.3. The van der Waals surface area contributed by atoms with Gasteiger partial charge in [0.25, 0.3) is 11.8 Å². The Morgan fingerprint density at radius 2 is 1.57 bits per heavy atom. The van der Waals surface area contributed by atoms with Crippen LogP contribution in [0.25, 0.3) is 0 Å². The Labute approximate surface area is 184 Å². The highest BCUT2D eigenvalue weighted by Crippen LogP contribution is 2.36. The van der Waals surface area contributed by atoms with Crippen LogP contribution in [0.1, 0.15) is 11.1 Å². The van der Waals surface area contributed by atoms with E-state index in [1.807, 2.05) is 79.7 Å². The maximum Gasteiger partial charge on any atom is 0.278 e. The van der Waals surface area contributed by atoms with Crippen molar-refractivity contribution in [3.05, 3.63) is 106 Å². The molecule has 1 aliphatic rings. The Morgan fingerprint density at radius 1 is 0.900 bits per heavy atom. The Balaban J connectivity index is 1.68. The second-order valence-electron chi connectivity index (χ2n) is 6.89. The molecule has 0 aromatic heterocycles. The maximum absolute atomic E-state index is 13.2. The van der Waals surface area contributed by atoms with Crippen LogP contribution in [0.15, 0.2) is 94.4 Å². The van der Waals surface area contributed by atoms with E-state index in [1.165, 1.54) is 16.7 Å². The number of nitrogens with zero attached hydrogens (tertiary/aromatic N) is 1. The summed E-state index contributed by atoms with van der Waals surface area (Å²) >= 11 is 7.53. The van der Waals surface area contributed by atoms with E-state index in [-0.39, 0.29) is 24.1 Å². The summed E-state index contributed by atoms with van der Waals surface area (Å²) < 4.78 is 0. The normalized spacial score (nSPS) is 13.9. The summed E-state index contributed by atoms with van der Waals surface area (Å²) in [6.45, 7) is 2.13. The summed E-state index contributed by atoms with van der Waals surface area (Å²) in [6.07, 6.45) is 0. The fourth-order valence-corrected chi connectivity index (χ4v) is 4.24. The highest BCUT2D eigenvalue weighted by atomic mass is 35.5. The van der Waals surface area contributed by atoms with Crippen LogP contribution in [-0.2, 0) is 16.1 Å². The quantitative estimate of drug-likeness (QED) is 0.510. The Kier molecular flexibility index (Phi) is 5.93. The Hall–Kier alpha value is -3.02. The number of thioether (sulfide) groups is 1. The topological polar surface area (TPSA) is 49.4 Å². The molecular weight excluding hydrogens is 416 g/mol. The SMILES string of the molecule is Cc1ccc(NC2=C(Sc3ccccc3)C(=O)N(Cc3ccccc3)C2=O)cc1Cl. The van der Waals surface area contributed by atoms with Crippen molar-refractivity contribution in [2.75, 3.05) is 5.32 Å². The molecule has 3 aromatic carbocycles. The van der Waals surface area contributed by atoms with Crippen molar-refractivity contribution >= 4 is 40.9 Å². The number of aryl methyl sites for hydroxylation is 1. The number of amides is 2. The molecule has 0 radical (unpaired) electrons. The van der Waals surface area contributed by atoms with E-state index in [9.17, 15) is 9.59 Å². The summed E-state index contributed by atoms with van der Waals surface area (Å²) in [7, 11) is 0. The minimum absolute atomic E-state index is 0.219. The van der Waals surface area contributed by atoms with Crippen LogP contribution >= 0.6 is 23.4 Å². The zero-order chi connectivity index (χ0) is 21.1. The fraction of sp³-hybridized carbons (Fsp3) is 0.0833. The molecule has 1 aliphatic heterocycles. The Bertz CT molecular complexity index is 1130. The summed E-state index contributed by atoms with van der Waals surface area (Å²) in [5.41, 5.74) is 2.76. The van der Waals surface area contributed by atoms with Crippen LogP contribution in [0.4, 0.5) is 5.69 Å². The second-order valence-corrected chi connectivity index (χ2v) is 8.38. The minimum atomic E-state index is -0.348. The van der Waals surface area contributed by atoms with Crippen LogP contribution in [0.2, 0.25) is 5.02 Å². The molecule has 0 aliphatic carbocycles. The lowest BCUT2D eigenvalue weighted by Gasteiger charge is -2.15. The van der Waals surface area contributed by atoms with Gasteiger partial charge in [-0.3, -0.25) is 14.5 Å². The number of hydrogen-bond donors (Lipinski definition) is 1. The largest absolute Gasteiger partial charge is 0.350 e. The third-order valence-electron chi connectivity index (χ3n) is 4.71. The van der Waals surface area contributed by atoms with Gasteiger partial charge in [0.1, 0.15) is 10.6 Å². The highest BCUT2D eigenvalue weighted by molar-refractivity contribution is 8.04. The average Bonchev–Trinajstić information content (AvgIpc) is 2.97. The molecule has 0 atom stereocenters. The van der Waals surface area contributed by atoms with Crippen molar-refractivity contribution in [1.82, 2.24) is 4.90 Å². The molecule has 6 heteroatoms. The molecule has 0 unspecified atom stereocenters. The third kappa shape index (κ3) is 4.27. The molecule has 0 fully saturated rings. The average molecular weight is 435 g/mol. The molecule has 0 saturated carbocycles. The van der Waals surface area contributed by atoms with E-state index < -0.39 is 0 Å². The summed E-state index contributed by atoms with van der Waals surface area (Å²) in [5, 5.41) is 3.73. The fourth-order valence-electron chi connectivity index (χ4n) is 3.09. The van der Waals surface area contributed by atoms with Crippen LogP contribution in [0.3, 0.4) is 0 Å². The van der Waals surface area contributed by atoms with Crippen molar-refractivity contribution < 1.29 is 9.59 Å². The first-order chi connectivity index (χ1) is 14.5. The van der Waals surface area contributed by atoms with Gasteiger partial charge in [-0.25, -0.2) is 0 Å². The van der Waals surface area contributed by atoms with E-state index >= 15 is 0 Å². The minimum Gasteiger partial charge on any atom is -0.350 e. The second kappa shape index (κ2) is 8.78. The molecule has 2 amide bonds. The third-order valence-corrected chi connectivity index (χ3v) is 6.21. The molecule has 0 saturated heterocycles. The first-order valence-electron chi connectivity index (χ1n) is 9.43. The number of imide groups is 1. The number of halogens is 1. The van der Waals surface area contributed by atoms with E-state index in [1.54, 1.807) is 6.07 Å². The van der Waals surface area contributed by atoms with Crippen molar-refractivity contribution in [3.8, 4) is 0 Å². The van der Waals surface area contributed by atoms with Gasteiger partial charge in [-0.15, -0.1) is 0 Å². The summed E-state index contributed by atoms with van der Waals surface area (Å²) in [4.78, 5) is 29.0.